The van der Waals surface area contributed by atoms with Gasteiger partial charge in [0.15, 0.2) is 11.5 Å². The van der Waals surface area contributed by atoms with Gasteiger partial charge in [0.2, 0.25) is 0 Å². The third kappa shape index (κ3) is 4.87. The predicted molar refractivity (Wildman–Crippen MR) is 122 cm³/mol. The Hall–Kier alpha value is -2.55. The van der Waals surface area contributed by atoms with E-state index in [1.54, 1.807) is 12.1 Å². The van der Waals surface area contributed by atoms with E-state index in [9.17, 15) is 14.4 Å². The second-order valence-electron chi connectivity index (χ2n) is 6.76. The van der Waals surface area contributed by atoms with Gasteiger partial charge >= 0.3 is 6.03 Å². The molecule has 0 aromatic heterocycles. The fourth-order valence-corrected chi connectivity index (χ4v) is 3.70. The summed E-state index contributed by atoms with van der Waals surface area (Å²) in [4.78, 5) is 38.6. The molecule has 1 saturated heterocycles. The molecule has 31 heavy (non-hydrogen) atoms. The fraction of sp³-hybridized carbons (Fsp3) is 0.190. The summed E-state index contributed by atoms with van der Waals surface area (Å²) in [6.07, 6.45) is 1.27. The van der Waals surface area contributed by atoms with Crippen LogP contribution in [0, 0.1) is 0 Å². The third-order valence-corrected chi connectivity index (χ3v) is 5.51. The van der Waals surface area contributed by atoms with Crippen LogP contribution < -0.4 is 19.7 Å². The van der Waals surface area contributed by atoms with E-state index < -0.39 is 17.8 Å². The van der Waals surface area contributed by atoms with Gasteiger partial charge in [-0.25, -0.2) is 9.69 Å². The lowest BCUT2D eigenvalue weighted by Crippen LogP contribution is -2.54. The van der Waals surface area contributed by atoms with E-state index in [2.05, 4.69) is 21.2 Å². The monoisotopic (exact) mass is 526 g/mol. The second kappa shape index (κ2) is 9.30. The number of barbiturate groups is 1. The van der Waals surface area contributed by atoms with Crippen LogP contribution in [0.25, 0.3) is 6.08 Å². The van der Waals surface area contributed by atoms with E-state index in [0.29, 0.717) is 21.5 Å². The second-order valence-corrected chi connectivity index (χ2v) is 8.43. The van der Waals surface area contributed by atoms with E-state index in [0.717, 1.165) is 4.90 Å². The third-order valence-electron chi connectivity index (χ3n) is 4.18. The highest BCUT2D eigenvalue weighted by Gasteiger charge is 2.37. The van der Waals surface area contributed by atoms with Crippen molar-refractivity contribution in [3.8, 4) is 11.5 Å². The number of benzene rings is 2. The maximum Gasteiger partial charge on any atom is 0.335 e. The number of nitrogens with one attached hydrogen (secondary N) is 1. The Morgan fingerprint density at radius 2 is 1.81 bits per heavy atom. The number of ether oxygens (including phenoxy) is 2. The van der Waals surface area contributed by atoms with Crippen LogP contribution in [-0.4, -0.2) is 31.1 Å². The van der Waals surface area contributed by atoms with Crippen molar-refractivity contribution in [1.82, 2.24) is 5.32 Å². The minimum Gasteiger partial charge on any atom is -0.493 e. The van der Waals surface area contributed by atoms with Crippen molar-refractivity contribution < 1.29 is 23.9 Å². The SMILES string of the molecule is COc1cc(/C=C2\C(=O)NC(=O)N(c3ccc(Cl)c(Cl)c3)C2=O)cc(Br)c1OC(C)C. The number of hydrogen-bond acceptors (Lipinski definition) is 5. The number of halogens is 3. The summed E-state index contributed by atoms with van der Waals surface area (Å²) in [6.45, 7) is 3.75. The first-order chi connectivity index (χ1) is 14.6. The molecule has 1 N–H and O–H groups in total. The zero-order chi connectivity index (χ0) is 22.9. The molecule has 1 aliphatic heterocycles. The minimum atomic E-state index is -0.884. The number of nitrogens with zero attached hydrogens (tertiary/aromatic N) is 1. The Labute approximate surface area is 197 Å². The van der Waals surface area contributed by atoms with Crippen molar-refractivity contribution in [1.29, 1.82) is 0 Å². The van der Waals surface area contributed by atoms with Gasteiger partial charge in [-0.05, 0) is 71.7 Å². The summed E-state index contributed by atoms with van der Waals surface area (Å²) in [7, 11) is 1.48. The van der Waals surface area contributed by atoms with Gasteiger partial charge in [-0.3, -0.25) is 14.9 Å². The number of urea groups is 1. The number of anilines is 1. The lowest BCUT2D eigenvalue weighted by Gasteiger charge is -2.26. The first-order valence-electron chi connectivity index (χ1n) is 9.03. The van der Waals surface area contributed by atoms with Crippen LogP contribution in [0.2, 0.25) is 10.0 Å². The van der Waals surface area contributed by atoms with Crippen LogP contribution in [-0.2, 0) is 9.59 Å². The summed E-state index contributed by atoms with van der Waals surface area (Å²) in [6, 6.07) is 6.69. The molecule has 0 unspecified atom stereocenters. The highest BCUT2D eigenvalue weighted by molar-refractivity contribution is 9.10. The van der Waals surface area contributed by atoms with E-state index in [1.807, 2.05) is 13.8 Å². The van der Waals surface area contributed by atoms with Crippen molar-refractivity contribution in [3.63, 3.8) is 0 Å². The van der Waals surface area contributed by atoms with E-state index >= 15 is 0 Å². The Kier molecular flexibility index (Phi) is 6.93. The van der Waals surface area contributed by atoms with Crippen LogP contribution in [0.1, 0.15) is 19.4 Å². The van der Waals surface area contributed by atoms with Crippen molar-refractivity contribution in [2.45, 2.75) is 20.0 Å². The molecule has 162 valence electrons. The normalized spacial score (nSPS) is 15.5. The zero-order valence-corrected chi connectivity index (χ0v) is 19.8. The minimum absolute atomic E-state index is 0.0918. The van der Waals surface area contributed by atoms with Crippen molar-refractivity contribution >= 4 is 68.7 Å². The van der Waals surface area contributed by atoms with Gasteiger partial charge in [0.05, 0.1) is 33.4 Å². The summed E-state index contributed by atoms with van der Waals surface area (Å²) >= 11 is 15.3. The number of imide groups is 2. The zero-order valence-electron chi connectivity index (χ0n) is 16.7. The lowest BCUT2D eigenvalue weighted by atomic mass is 10.1. The van der Waals surface area contributed by atoms with Gasteiger partial charge in [-0.1, -0.05) is 23.2 Å². The smallest absolute Gasteiger partial charge is 0.335 e. The predicted octanol–water partition coefficient (Wildman–Crippen LogP) is 5.22. The van der Waals surface area contributed by atoms with Gasteiger partial charge < -0.3 is 9.47 Å². The first kappa shape index (κ1) is 23.1. The lowest BCUT2D eigenvalue weighted by molar-refractivity contribution is -0.122. The Morgan fingerprint density at radius 3 is 2.42 bits per heavy atom. The molecule has 1 aliphatic rings. The molecule has 2 aromatic rings. The molecule has 1 fully saturated rings. The summed E-state index contributed by atoms with van der Waals surface area (Å²) in [5, 5.41) is 2.59. The molecule has 4 amide bonds. The van der Waals surface area contributed by atoms with Crippen LogP contribution >= 0.6 is 39.1 Å². The van der Waals surface area contributed by atoms with E-state index in [4.69, 9.17) is 32.7 Å². The van der Waals surface area contributed by atoms with E-state index in [1.165, 1.54) is 31.4 Å². The highest BCUT2D eigenvalue weighted by Crippen LogP contribution is 2.38. The average Bonchev–Trinajstić information content (AvgIpc) is 2.69. The number of amides is 4. The molecule has 0 saturated carbocycles. The van der Waals surface area contributed by atoms with Crippen LogP contribution in [0.15, 0.2) is 40.4 Å². The van der Waals surface area contributed by atoms with Crippen LogP contribution in [0.5, 0.6) is 11.5 Å². The van der Waals surface area contributed by atoms with E-state index in [-0.39, 0.29) is 27.4 Å². The molecule has 7 nitrogen and oxygen atoms in total. The molecule has 2 aromatic carbocycles. The molecule has 1 heterocycles. The maximum atomic E-state index is 13.0. The largest absolute Gasteiger partial charge is 0.493 e. The number of rotatable bonds is 5. The highest BCUT2D eigenvalue weighted by atomic mass is 79.9. The molecular weight excluding hydrogens is 511 g/mol. The summed E-state index contributed by atoms with van der Waals surface area (Å²) < 4.78 is 11.7. The number of carbonyl (C=O) groups is 3. The Balaban J connectivity index is 2.03. The van der Waals surface area contributed by atoms with Gasteiger partial charge in [0.25, 0.3) is 11.8 Å². The molecule has 0 spiro atoms. The first-order valence-corrected chi connectivity index (χ1v) is 10.6. The number of methoxy groups -OCH3 is 1. The van der Waals surface area contributed by atoms with Crippen molar-refractivity contribution in [2.24, 2.45) is 0 Å². The van der Waals surface area contributed by atoms with Crippen LogP contribution in [0.4, 0.5) is 10.5 Å². The number of carbonyl (C=O) groups excluding carboxylic acids is 3. The van der Waals surface area contributed by atoms with Gasteiger partial charge in [-0.15, -0.1) is 0 Å². The molecular formula is C21H17BrCl2N2O5. The number of hydrogen-bond donors (Lipinski definition) is 1. The maximum absolute atomic E-state index is 13.0. The van der Waals surface area contributed by atoms with Crippen molar-refractivity contribution in [3.05, 3.63) is 56.0 Å². The van der Waals surface area contributed by atoms with Crippen LogP contribution in [0.3, 0.4) is 0 Å². The topological polar surface area (TPSA) is 84.9 Å². The molecule has 3 rings (SSSR count). The standard InChI is InChI=1S/C21H17BrCl2N2O5/c1-10(2)31-18-14(22)7-11(8-17(18)30-3)6-13-19(27)25-21(29)26(20(13)28)12-4-5-15(23)16(24)9-12/h4-10H,1-3H3,(H,25,27,29)/b13-6+. The molecule has 0 aliphatic carbocycles. The summed E-state index contributed by atoms with van der Waals surface area (Å²) in [5.41, 5.74) is 0.425. The van der Waals surface area contributed by atoms with Gasteiger partial charge in [0, 0.05) is 0 Å². The quantitative estimate of drug-likeness (QED) is 0.425. The van der Waals surface area contributed by atoms with Gasteiger partial charge in [0.1, 0.15) is 5.57 Å². The van der Waals surface area contributed by atoms with Crippen molar-refractivity contribution in [2.75, 3.05) is 12.0 Å². The molecule has 0 bridgehead atoms. The average molecular weight is 528 g/mol. The molecule has 10 heteroatoms. The molecule has 0 atom stereocenters. The summed E-state index contributed by atoms with van der Waals surface area (Å²) in [5.74, 6) is -0.712. The molecule has 0 radical (unpaired) electrons. The Morgan fingerprint density at radius 1 is 1.10 bits per heavy atom. The van der Waals surface area contributed by atoms with Gasteiger partial charge in [-0.2, -0.15) is 0 Å². The fourth-order valence-electron chi connectivity index (χ4n) is 2.86. The Bertz CT molecular complexity index is 1120.